The Morgan fingerprint density at radius 3 is 2.40 bits per heavy atom. The smallest absolute Gasteiger partial charge is 0.237 e. The molecule has 0 bridgehead atoms. The van der Waals surface area contributed by atoms with Crippen molar-refractivity contribution in [3.05, 3.63) is 18.2 Å². The molecule has 0 heterocycles. The van der Waals surface area contributed by atoms with Crippen LogP contribution in [0.5, 0.6) is 11.5 Å². The highest BCUT2D eigenvalue weighted by Gasteiger charge is 2.00. The quantitative estimate of drug-likeness (QED) is 0.285. The van der Waals surface area contributed by atoms with E-state index in [1.807, 2.05) is 0 Å². The Bertz CT molecular complexity index is 466. The molecule has 1 rings (SSSR count). The van der Waals surface area contributed by atoms with Gasteiger partial charge in [0, 0.05) is 6.07 Å². The van der Waals surface area contributed by atoms with Crippen LogP contribution in [-0.2, 0) is 0 Å². The van der Waals surface area contributed by atoms with Crippen LogP contribution < -0.4 is 5.43 Å². The largest absolute Gasteiger partial charge is 0.504 e. The number of hydrazone groups is 1. The number of hydrogen-bond acceptors (Lipinski definition) is 6. The Balaban J connectivity index is 2.84. The van der Waals surface area contributed by atoms with E-state index in [1.54, 1.807) is 12.1 Å². The number of aromatic hydroxyl groups is 2. The number of rotatable bonds is 2. The van der Waals surface area contributed by atoms with Crippen LogP contribution in [0.2, 0.25) is 0 Å². The average molecular weight is 202 g/mol. The van der Waals surface area contributed by atoms with E-state index in [0.29, 0.717) is 5.69 Å². The fourth-order valence-corrected chi connectivity index (χ4v) is 0.788. The number of anilines is 1. The third kappa shape index (κ3) is 2.61. The zero-order chi connectivity index (χ0) is 11.3. The molecule has 74 valence electrons. The van der Waals surface area contributed by atoms with E-state index in [0.717, 1.165) is 0 Å². The molecular weight excluding hydrogens is 196 g/mol. The van der Waals surface area contributed by atoms with E-state index in [4.69, 9.17) is 20.7 Å². The molecule has 0 aromatic heterocycles. The van der Waals surface area contributed by atoms with Gasteiger partial charge < -0.3 is 10.2 Å². The normalized spacial score (nSPS) is 8.40. The fraction of sp³-hybridized carbons (Fsp3) is 0. The molecule has 0 aliphatic heterocycles. The van der Waals surface area contributed by atoms with Crippen LogP contribution in [-0.4, -0.2) is 15.9 Å². The summed E-state index contributed by atoms with van der Waals surface area (Å²) in [6.45, 7) is 0. The Hall–Kier alpha value is -2.73. The highest BCUT2D eigenvalue weighted by atomic mass is 16.3. The third-order valence-electron chi connectivity index (χ3n) is 1.48. The minimum absolute atomic E-state index is 0.259. The SMILES string of the molecule is N#CC(C#N)=NNc1ccc(O)c(O)c1. The molecule has 0 unspecified atom stereocenters. The Kier molecular flexibility index (Phi) is 3.10. The summed E-state index contributed by atoms with van der Waals surface area (Å²) in [5.41, 5.74) is 2.41. The lowest BCUT2D eigenvalue weighted by atomic mass is 10.3. The predicted octanol–water partition coefficient (Wildman–Crippen LogP) is 0.913. The van der Waals surface area contributed by atoms with Crippen molar-refractivity contribution in [3.63, 3.8) is 0 Å². The van der Waals surface area contributed by atoms with Gasteiger partial charge in [-0.1, -0.05) is 0 Å². The van der Waals surface area contributed by atoms with E-state index in [2.05, 4.69) is 10.5 Å². The number of nitriles is 2. The molecule has 1 aromatic carbocycles. The summed E-state index contributed by atoms with van der Waals surface area (Å²) in [6.07, 6.45) is 0. The van der Waals surface area contributed by atoms with Crippen LogP contribution in [0.15, 0.2) is 23.3 Å². The van der Waals surface area contributed by atoms with Gasteiger partial charge in [-0.25, -0.2) is 0 Å². The van der Waals surface area contributed by atoms with Gasteiger partial charge in [0.1, 0.15) is 12.1 Å². The van der Waals surface area contributed by atoms with Gasteiger partial charge in [-0.3, -0.25) is 5.43 Å². The van der Waals surface area contributed by atoms with Crippen molar-refractivity contribution in [2.24, 2.45) is 5.10 Å². The molecule has 0 amide bonds. The maximum absolute atomic E-state index is 9.11. The van der Waals surface area contributed by atoms with Crippen LogP contribution in [0.25, 0.3) is 0 Å². The third-order valence-corrected chi connectivity index (χ3v) is 1.48. The molecule has 0 spiro atoms. The Morgan fingerprint density at radius 2 is 1.87 bits per heavy atom. The number of phenols is 2. The number of phenolic OH excluding ortho intramolecular Hbond substituents is 2. The summed E-state index contributed by atoms with van der Waals surface area (Å²) in [5, 5.41) is 38.3. The van der Waals surface area contributed by atoms with E-state index >= 15 is 0 Å². The minimum atomic E-state index is -0.331. The summed E-state index contributed by atoms with van der Waals surface area (Å²) in [4.78, 5) is 0. The second-order valence-electron chi connectivity index (χ2n) is 2.50. The van der Waals surface area contributed by atoms with Gasteiger partial charge in [-0.15, -0.1) is 0 Å². The van der Waals surface area contributed by atoms with Crippen LogP contribution in [0, 0.1) is 22.7 Å². The molecule has 0 saturated carbocycles. The van der Waals surface area contributed by atoms with Crippen LogP contribution in [0.3, 0.4) is 0 Å². The second kappa shape index (κ2) is 4.49. The Labute approximate surface area is 85.3 Å². The lowest BCUT2D eigenvalue weighted by molar-refractivity contribution is 0.404. The summed E-state index contributed by atoms with van der Waals surface area (Å²) in [5.74, 6) is -0.573. The van der Waals surface area contributed by atoms with E-state index in [-0.39, 0.29) is 17.2 Å². The molecule has 6 heteroatoms. The number of nitrogens with zero attached hydrogens (tertiary/aromatic N) is 3. The van der Waals surface area contributed by atoms with Gasteiger partial charge >= 0.3 is 0 Å². The van der Waals surface area contributed by atoms with Gasteiger partial charge in [-0.2, -0.15) is 15.6 Å². The standard InChI is InChI=1S/C9H6N4O2/c10-4-7(5-11)13-12-6-1-2-8(14)9(15)3-6/h1-3,12,14-15H. The van der Waals surface area contributed by atoms with Crippen molar-refractivity contribution >= 4 is 11.4 Å². The first kappa shape index (κ1) is 10.4. The van der Waals surface area contributed by atoms with Gasteiger partial charge in [-0.05, 0) is 12.1 Å². The van der Waals surface area contributed by atoms with Gasteiger partial charge in [0.05, 0.1) is 5.69 Å². The molecular formula is C9H6N4O2. The molecule has 1 aromatic rings. The number of hydrogen-bond donors (Lipinski definition) is 3. The highest BCUT2D eigenvalue weighted by molar-refractivity contribution is 6.10. The highest BCUT2D eigenvalue weighted by Crippen LogP contribution is 2.27. The fourth-order valence-electron chi connectivity index (χ4n) is 0.788. The monoisotopic (exact) mass is 202 g/mol. The first-order valence-electron chi connectivity index (χ1n) is 3.83. The van der Waals surface area contributed by atoms with Crippen molar-refractivity contribution < 1.29 is 10.2 Å². The molecule has 0 fully saturated rings. The van der Waals surface area contributed by atoms with Gasteiger partial charge in [0.15, 0.2) is 11.5 Å². The lowest BCUT2D eigenvalue weighted by Crippen LogP contribution is -1.95. The molecule has 15 heavy (non-hydrogen) atoms. The van der Waals surface area contributed by atoms with Crippen LogP contribution in [0.4, 0.5) is 5.69 Å². The first-order chi connectivity index (χ1) is 7.17. The topological polar surface area (TPSA) is 112 Å². The molecule has 0 saturated heterocycles. The number of nitrogens with one attached hydrogen (secondary N) is 1. The summed E-state index contributed by atoms with van der Waals surface area (Å²) in [7, 11) is 0. The molecule has 0 radical (unpaired) electrons. The molecule has 0 aliphatic rings. The van der Waals surface area contributed by atoms with Crippen molar-refractivity contribution in [1.29, 1.82) is 10.5 Å². The molecule has 6 nitrogen and oxygen atoms in total. The predicted molar refractivity (Wildman–Crippen MR) is 52.1 cm³/mol. The van der Waals surface area contributed by atoms with Crippen molar-refractivity contribution in [2.45, 2.75) is 0 Å². The van der Waals surface area contributed by atoms with Crippen molar-refractivity contribution in [1.82, 2.24) is 0 Å². The Morgan fingerprint density at radius 1 is 1.20 bits per heavy atom. The van der Waals surface area contributed by atoms with Crippen LogP contribution in [0.1, 0.15) is 0 Å². The second-order valence-corrected chi connectivity index (χ2v) is 2.50. The zero-order valence-corrected chi connectivity index (χ0v) is 7.47. The van der Waals surface area contributed by atoms with Crippen molar-refractivity contribution in [2.75, 3.05) is 5.43 Å². The number of benzene rings is 1. The molecule has 0 aliphatic carbocycles. The summed E-state index contributed by atoms with van der Waals surface area (Å²) in [6, 6.07) is 7.03. The minimum Gasteiger partial charge on any atom is -0.504 e. The average Bonchev–Trinajstić information content (AvgIpc) is 2.24. The van der Waals surface area contributed by atoms with Crippen LogP contribution >= 0.6 is 0 Å². The van der Waals surface area contributed by atoms with Gasteiger partial charge in [0.25, 0.3) is 0 Å². The molecule has 3 N–H and O–H groups in total. The zero-order valence-electron chi connectivity index (χ0n) is 7.47. The summed E-state index contributed by atoms with van der Waals surface area (Å²) < 4.78 is 0. The first-order valence-corrected chi connectivity index (χ1v) is 3.83. The molecule has 0 atom stereocenters. The van der Waals surface area contributed by atoms with E-state index in [1.165, 1.54) is 18.2 Å². The maximum atomic E-state index is 9.11. The van der Waals surface area contributed by atoms with E-state index in [9.17, 15) is 0 Å². The van der Waals surface area contributed by atoms with Crippen molar-refractivity contribution in [3.8, 4) is 23.6 Å². The van der Waals surface area contributed by atoms with E-state index < -0.39 is 0 Å². The lowest BCUT2D eigenvalue weighted by Gasteiger charge is -2.01. The summed E-state index contributed by atoms with van der Waals surface area (Å²) >= 11 is 0. The van der Waals surface area contributed by atoms with Gasteiger partial charge in [0.2, 0.25) is 5.71 Å². The maximum Gasteiger partial charge on any atom is 0.237 e.